The molecule has 0 amide bonds. The third kappa shape index (κ3) is 3.61. The lowest BCUT2D eigenvalue weighted by Crippen LogP contribution is -2.38. The molecular weight excluding hydrogens is 240 g/mol. The number of hydrogen-bond donors (Lipinski definition) is 2. The van der Waals surface area contributed by atoms with Crippen molar-refractivity contribution in [1.82, 2.24) is 5.32 Å². The zero-order valence-corrected chi connectivity index (χ0v) is 11.8. The molecule has 4 heteroatoms. The first kappa shape index (κ1) is 14.2. The van der Waals surface area contributed by atoms with Crippen LogP contribution in [0, 0.1) is 5.92 Å². The summed E-state index contributed by atoms with van der Waals surface area (Å²) in [5.74, 6) is 1.49. The molecule has 19 heavy (non-hydrogen) atoms. The minimum Gasteiger partial charge on any atom is -0.495 e. The number of aliphatic hydroxyl groups is 1. The van der Waals surface area contributed by atoms with E-state index in [-0.39, 0.29) is 6.61 Å². The minimum atomic E-state index is 0.228. The number of aliphatic hydroxyl groups excluding tert-OH is 1. The van der Waals surface area contributed by atoms with Gasteiger partial charge in [-0.25, -0.2) is 0 Å². The first-order valence-electron chi connectivity index (χ1n) is 6.96. The van der Waals surface area contributed by atoms with Gasteiger partial charge in [-0.1, -0.05) is 19.1 Å². The molecule has 2 unspecified atom stereocenters. The summed E-state index contributed by atoms with van der Waals surface area (Å²) in [6, 6.07) is 8.47. The Morgan fingerprint density at radius 3 is 2.89 bits per heavy atom. The summed E-state index contributed by atoms with van der Waals surface area (Å²) < 4.78 is 5.46. The molecule has 0 spiro atoms. The van der Waals surface area contributed by atoms with E-state index in [0.717, 1.165) is 37.5 Å². The zero-order chi connectivity index (χ0) is 13.7. The first-order chi connectivity index (χ1) is 9.24. The molecule has 1 heterocycles. The SMILES string of the molecule is COc1ccccc1N1CC(C)CNC(CCO)C1. The van der Waals surface area contributed by atoms with Gasteiger partial charge in [0, 0.05) is 25.7 Å². The number of methoxy groups -OCH3 is 1. The number of anilines is 1. The van der Waals surface area contributed by atoms with Crippen LogP contribution in [0.25, 0.3) is 0 Å². The fourth-order valence-electron chi connectivity index (χ4n) is 2.65. The van der Waals surface area contributed by atoms with Crippen molar-refractivity contribution in [2.24, 2.45) is 5.92 Å². The van der Waals surface area contributed by atoms with Crippen LogP contribution in [0.5, 0.6) is 5.75 Å². The second kappa shape index (κ2) is 6.78. The number of benzene rings is 1. The van der Waals surface area contributed by atoms with E-state index in [1.54, 1.807) is 7.11 Å². The number of hydrogen-bond acceptors (Lipinski definition) is 4. The predicted octanol–water partition coefficient (Wildman–Crippen LogP) is 1.49. The van der Waals surface area contributed by atoms with Crippen molar-refractivity contribution in [3.63, 3.8) is 0 Å². The molecule has 1 fully saturated rings. The molecule has 2 N–H and O–H groups in total. The monoisotopic (exact) mass is 264 g/mol. The summed E-state index contributed by atoms with van der Waals surface area (Å²) in [6.07, 6.45) is 0.790. The van der Waals surface area contributed by atoms with Crippen molar-refractivity contribution in [3.8, 4) is 5.75 Å². The summed E-state index contributed by atoms with van der Waals surface area (Å²) in [5.41, 5.74) is 1.14. The Hall–Kier alpha value is -1.26. The molecule has 0 bridgehead atoms. The van der Waals surface area contributed by atoms with E-state index >= 15 is 0 Å². The van der Waals surface area contributed by atoms with Crippen molar-refractivity contribution in [1.29, 1.82) is 0 Å². The summed E-state index contributed by atoms with van der Waals surface area (Å²) in [6.45, 7) is 5.39. The fourth-order valence-corrected chi connectivity index (χ4v) is 2.65. The van der Waals surface area contributed by atoms with Crippen LogP contribution in [0.3, 0.4) is 0 Å². The van der Waals surface area contributed by atoms with Gasteiger partial charge in [0.2, 0.25) is 0 Å². The van der Waals surface area contributed by atoms with Crippen molar-refractivity contribution in [2.45, 2.75) is 19.4 Å². The van der Waals surface area contributed by atoms with Gasteiger partial charge in [-0.15, -0.1) is 0 Å². The Bertz CT molecular complexity index is 397. The topological polar surface area (TPSA) is 44.7 Å². The van der Waals surface area contributed by atoms with Crippen LogP contribution in [0.4, 0.5) is 5.69 Å². The highest BCUT2D eigenvalue weighted by molar-refractivity contribution is 5.58. The second-order valence-corrected chi connectivity index (χ2v) is 5.30. The van der Waals surface area contributed by atoms with Crippen LogP contribution in [0.2, 0.25) is 0 Å². The lowest BCUT2D eigenvalue weighted by atomic mass is 10.1. The second-order valence-electron chi connectivity index (χ2n) is 5.30. The summed E-state index contributed by atoms with van der Waals surface area (Å²) in [4.78, 5) is 2.36. The number of nitrogens with one attached hydrogen (secondary N) is 1. The highest BCUT2D eigenvalue weighted by Gasteiger charge is 2.22. The summed E-state index contributed by atoms with van der Waals surface area (Å²) in [5, 5.41) is 12.7. The Morgan fingerprint density at radius 1 is 1.37 bits per heavy atom. The number of rotatable bonds is 4. The predicted molar refractivity (Wildman–Crippen MR) is 77.9 cm³/mol. The van der Waals surface area contributed by atoms with Crippen molar-refractivity contribution in [3.05, 3.63) is 24.3 Å². The Labute approximate surface area is 115 Å². The van der Waals surface area contributed by atoms with Crippen LogP contribution < -0.4 is 15.0 Å². The minimum absolute atomic E-state index is 0.228. The molecule has 0 saturated carbocycles. The van der Waals surface area contributed by atoms with Crippen LogP contribution in [0.15, 0.2) is 24.3 Å². The van der Waals surface area contributed by atoms with E-state index in [2.05, 4.69) is 23.2 Å². The van der Waals surface area contributed by atoms with Crippen molar-refractivity contribution < 1.29 is 9.84 Å². The van der Waals surface area contributed by atoms with Gasteiger partial charge in [-0.05, 0) is 31.0 Å². The highest BCUT2D eigenvalue weighted by atomic mass is 16.5. The molecule has 1 saturated heterocycles. The number of ether oxygens (including phenoxy) is 1. The van der Waals surface area contributed by atoms with Gasteiger partial charge in [0.1, 0.15) is 5.75 Å². The molecule has 4 nitrogen and oxygen atoms in total. The van der Waals surface area contributed by atoms with Gasteiger partial charge < -0.3 is 20.1 Å². The van der Waals surface area contributed by atoms with E-state index in [9.17, 15) is 0 Å². The molecule has 1 aliphatic rings. The quantitative estimate of drug-likeness (QED) is 0.865. The van der Waals surface area contributed by atoms with Gasteiger partial charge >= 0.3 is 0 Å². The molecule has 106 valence electrons. The molecule has 2 rings (SSSR count). The highest BCUT2D eigenvalue weighted by Crippen LogP contribution is 2.29. The molecule has 2 atom stereocenters. The maximum Gasteiger partial charge on any atom is 0.142 e. The molecule has 0 aromatic heterocycles. The van der Waals surface area contributed by atoms with Gasteiger partial charge in [-0.2, -0.15) is 0 Å². The third-order valence-electron chi connectivity index (χ3n) is 3.63. The Morgan fingerprint density at radius 2 is 2.16 bits per heavy atom. The lowest BCUT2D eigenvalue weighted by molar-refractivity contribution is 0.266. The van der Waals surface area contributed by atoms with E-state index in [1.165, 1.54) is 0 Å². The average molecular weight is 264 g/mol. The van der Waals surface area contributed by atoms with E-state index in [0.29, 0.717) is 12.0 Å². The standard InChI is InChI=1S/C15H24N2O2/c1-12-9-16-13(7-8-18)11-17(10-12)14-5-3-4-6-15(14)19-2/h3-6,12-13,16,18H,7-11H2,1-2H3. The van der Waals surface area contributed by atoms with Crippen LogP contribution in [0.1, 0.15) is 13.3 Å². The van der Waals surface area contributed by atoms with Crippen molar-refractivity contribution in [2.75, 3.05) is 38.3 Å². The van der Waals surface area contributed by atoms with Crippen LogP contribution >= 0.6 is 0 Å². The molecule has 1 aromatic carbocycles. The molecule has 0 radical (unpaired) electrons. The Balaban J connectivity index is 2.19. The molecule has 0 aliphatic carbocycles. The fraction of sp³-hybridized carbons (Fsp3) is 0.600. The lowest BCUT2D eigenvalue weighted by Gasteiger charge is -2.28. The van der Waals surface area contributed by atoms with Gasteiger partial charge in [0.25, 0.3) is 0 Å². The molecule has 1 aliphatic heterocycles. The van der Waals surface area contributed by atoms with E-state index in [1.807, 2.05) is 18.2 Å². The maximum atomic E-state index is 9.15. The van der Waals surface area contributed by atoms with E-state index < -0.39 is 0 Å². The molecule has 1 aromatic rings. The number of nitrogens with zero attached hydrogens (tertiary/aromatic N) is 1. The summed E-state index contributed by atoms with van der Waals surface area (Å²) >= 11 is 0. The van der Waals surface area contributed by atoms with Gasteiger partial charge in [0.05, 0.1) is 12.8 Å². The van der Waals surface area contributed by atoms with Crippen molar-refractivity contribution >= 4 is 5.69 Å². The van der Waals surface area contributed by atoms with Gasteiger partial charge in [-0.3, -0.25) is 0 Å². The third-order valence-corrected chi connectivity index (χ3v) is 3.63. The van der Waals surface area contributed by atoms with E-state index in [4.69, 9.17) is 9.84 Å². The normalized spacial score (nSPS) is 24.1. The molecular formula is C15H24N2O2. The Kier molecular flexibility index (Phi) is 5.05. The van der Waals surface area contributed by atoms with Crippen LogP contribution in [-0.2, 0) is 0 Å². The summed E-state index contributed by atoms with van der Waals surface area (Å²) in [7, 11) is 1.71. The first-order valence-corrected chi connectivity index (χ1v) is 6.96. The zero-order valence-electron chi connectivity index (χ0n) is 11.8. The smallest absolute Gasteiger partial charge is 0.142 e. The largest absolute Gasteiger partial charge is 0.495 e. The maximum absolute atomic E-state index is 9.15. The number of para-hydroxylation sites is 2. The average Bonchev–Trinajstić information content (AvgIpc) is 2.61. The van der Waals surface area contributed by atoms with Gasteiger partial charge in [0.15, 0.2) is 0 Å². The van der Waals surface area contributed by atoms with Crippen LogP contribution in [-0.4, -0.2) is 44.5 Å².